The number of piperidine rings is 1. The van der Waals surface area contributed by atoms with E-state index in [0.717, 1.165) is 12.2 Å². The molecule has 88 valence electrons. The molecular formula is C11H11ClN4O. The fraction of sp³-hybridized carbons (Fsp3) is 0.364. The standard InChI is InChI=1S/C11H11ClN4O/c12-7-2-4-14-11-9(7)15-10(16-11)6-1-3-13-8(17)5-6/h2,4,6H,1,3,5H2,(H,13,17)(H,14,15,16). The smallest absolute Gasteiger partial charge is 0.220 e. The number of pyridine rings is 1. The lowest BCUT2D eigenvalue weighted by atomic mass is 9.97. The van der Waals surface area contributed by atoms with Crippen molar-refractivity contribution in [3.8, 4) is 0 Å². The summed E-state index contributed by atoms with van der Waals surface area (Å²) in [4.78, 5) is 23.1. The summed E-state index contributed by atoms with van der Waals surface area (Å²) in [7, 11) is 0. The first-order valence-electron chi connectivity index (χ1n) is 5.51. The van der Waals surface area contributed by atoms with E-state index in [1.165, 1.54) is 0 Å². The molecule has 1 fully saturated rings. The Bertz CT molecular complexity index is 580. The van der Waals surface area contributed by atoms with Crippen LogP contribution in [0.15, 0.2) is 12.3 Å². The van der Waals surface area contributed by atoms with Gasteiger partial charge in [-0.15, -0.1) is 0 Å². The number of fused-ring (bicyclic) bond motifs is 1. The van der Waals surface area contributed by atoms with Crippen molar-refractivity contribution in [2.45, 2.75) is 18.8 Å². The quantitative estimate of drug-likeness (QED) is 0.808. The number of amides is 1. The van der Waals surface area contributed by atoms with Gasteiger partial charge in [-0.25, -0.2) is 9.97 Å². The Morgan fingerprint density at radius 2 is 2.35 bits per heavy atom. The van der Waals surface area contributed by atoms with Crippen LogP contribution in [0.2, 0.25) is 5.02 Å². The first kappa shape index (κ1) is 10.5. The van der Waals surface area contributed by atoms with Crippen LogP contribution in [-0.2, 0) is 4.79 Å². The predicted molar refractivity (Wildman–Crippen MR) is 63.9 cm³/mol. The number of H-pyrrole nitrogens is 1. The number of imidazole rings is 1. The average Bonchev–Trinajstić information content (AvgIpc) is 2.74. The number of carbonyl (C=O) groups excluding carboxylic acids is 1. The molecule has 5 nitrogen and oxygen atoms in total. The fourth-order valence-electron chi connectivity index (χ4n) is 2.11. The van der Waals surface area contributed by atoms with Crippen LogP contribution in [0.1, 0.15) is 24.6 Å². The summed E-state index contributed by atoms with van der Waals surface area (Å²) >= 11 is 6.04. The van der Waals surface area contributed by atoms with E-state index in [0.29, 0.717) is 29.2 Å². The summed E-state index contributed by atoms with van der Waals surface area (Å²) in [5, 5.41) is 3.39. The highest BCUT2D eigenvalue weighted by Gasteiger charge is 2.23. The van der Waals surface area contributed by atoms with Crippen molar-refractivity contribution in [2.24, 2.45) is 0 Å². The molecule has 0 radical (unpaired) electrons. The van der Waals surface area contributed by atoms with Gasteiger partial charge in [0.25, 0.3) is 0 Å². The molecule has 0 spiro atoms. The third-order valence-corrected chi connectivity index (χ3v) is 3.29. The number of nitrogens with zero attached hydrogens (tertiary/aromatic N) is 2. The third kappa shape index (κ3) is 1.86. The summed E-state index contributed by atoms with van der Waals surface area (Å²) in [6, 6.07) is 1.71. The number of halogens is 1. The van der Waals surface area contributed by atoms with E-state index < -0.39 is 0 Å². The molecule has 3 rings (SSSR count). The maximum absolute atomic E-state index is 11.3. The van der Waals surface area contributed by atoms with Crippen LogP contribution >= 0.6 is 11.6 Å². The van der Waals surface area contributed by atoms with Crippen LogP contribution in [0.25, 0.3) is 11.2 Å². The second-order valence-electron chi connectivity index (χ2n) is 4.15. The maximum Gasteiger partial charge on any atom is 0.220 e. The minimum atomic E-state index is 0.0702. The Morgan fingerprint density at radius 1 is 1.47 bits per heavy atom. The molecule has 1 saturated heterocycles. The number of rotatable bonds is 1. The Morgan fingerprint density at radius 3 is 3.12 bits per heavy atom. The molecule has 17 heavy (non-hydrogen) atoms. The highest BCUT2D eigenvalue weighted by Crippen LogP contribution is 2.27. The molecule has 1 amide bonds. The summed E-state index contributed by atoms with van der Waals surface area (Å²) in [6.07, 6.45) is 3.00. The van der Waals surface area contributed by atoms with Gasteiger partial charge < -0.3 is 10.3 Å². The van der Waals surface area contributed by atoms with Crippen molar-refractivity contribution in [1.29, 1.82) is 0 Å². The molecule has 0 aromatic carbocycles. The van der Waals surface area contributed by atoms with Crippen molar-refractivity contribution >= 4 is 28.7 Å². The molecule has 0 saturated carbocycles. The molecule has 1 aliphatic rings. The van der Waals surface area contributed by atoms with Crippen LogP contribution in [-0.4, -0.2) is 27.4 Å². The van der Waals surface area contributed by atoms with Crippen molar-refractivity contribution < 1.29 is 4.79 Å². The van der Waals surface area contributed by atoms with Crippen molar-refractivity contribution in [1.82, 2.24) is 20.3 Å². The number of aromatic nitrogens is 3. The monoisotopic (exact) mass is 250 g/mol. The Balaban J connectivity index is 2.00. The van der Waals surface area contributed by atoms with Gasteiger partial charge in [0, 0.05) is 25.1 Å². The predicted octanol–water partition coefficient (Wildman–Crippen LogP) is 1.60. The summed E-state index contributed by atoms with van der Waals surface area (Å²) in [6.45, 7) is 0.696. The Hall–Kier alpha value is -1.62. The molecule has 1 unspecified atom stereocenters. The Kier molecular flexibility index (Phi) is 2.48. The first-order chi connectivity index (χ1) is 8.24. The van der Waals surface area contributed by atoms with E-state index >= 15 is 0 Å². The maximum atomic E-state index is 11.3. The lowest BCUT2D eigenvalue weighted by Gasteiger charge is -2.19. The minimum absolute atomic E-state index is 0.0702. The largest absolute Gasteiger partial charge is 0.356 e. The molecule has 2 aromatic heterocycles. The van der Waals surface area contributed by atoms with Gasteiger partial charge in [0.2, 0.25) is 5.91 Å². The molecule has 2 aromatic rings. The zero-order valence-electron chi connectivity index (χ0n) is 9.03. The van der Waals surface area contributed by atoms with Gasteiger partial charge in [0.15, 0.2) is 5.65 Å². The van der Waals surface area contributed by atoms with Gasteiger partial charge in [0.05, 0.1) is 5.02 Å². The molecule has 0 bridgehead atoms. The van der Waals surface area contributed by atoms with E-state index in [-0.39, 0.29) is 11.8 Å². The number of hydrogen-bond acceptors (Lipinski definition) is 3. The molecule has 2 N–H and O–H groups in total. The molecule has 0 aliphatic carbocycles. The van der Waals surface area contributed by atoms with Gasteiger partial charge in [-0.2, -0.15) is 0 Å². The second-order valence-corrected chi connectivity index (χ2v) is 4.56. The summed E-state index contributed by atoms with van der Waals surface area (Å²) in [5.74, 6) is 1.00. The van der Waals surface area contributed by atoms with E-state index in [4.69, 9.17) is 11.6 Å². The lowest BCUT2D eigenvalue weighted by molar-refractivity contribution is -0.122. The number of carbonyl (C=O) groups is 1. The van der Waals surface area contributed by atoms with E-state index in [2.05, 4.69) is 20.3 Å². The number of aromatic amines is 1. The van der Waals surface area contributed by atoms with Crippen LogP contribution < -0.4 is 5.32 Å². The first-order valence-corrected chi connectivity index (χ1v) is 5.88. The van der Waals surface area contributed by atoms with Crippen molar-refractivity contribution in [2.75, 3.05) is 6.54 Å². The molecule has 1 aliphatic heterocycles. The van der Waals surface area contributed by atoms with Crippen LogP contribution in [0.3, 0.4) is 0 Å². The van der Waals surface area contributed by atoms with E-state index in [1.807, 2.05) is 0 Å². The normalized spacial score (nSPS) is 20.5. The van der Waals surface area contributed by atoms with Crippen LogP contribution in [0.5, 0.6) is 0 Å². The summed E-state index contributed by atoms with van der Waals surface area (Å²) < 4.78 is 0. The number of hydrogen-bond donors (Lipinski definition) is 2. The van der Waals surface area contributed by atoms with E-state index in [1.54, 1.807) is 12.3 Å². The molecule has 6 heteroatoms. The van der Waals surface area contributed by atoms with Gasteiger partial charge in [-0.05, 0) is 12.5 Å². The lowest BCUT2D eigenvalue weighted by Crippen LogP contribution is -2.32. The van der Waals surface area contributed by atoms with Crippen LogP contribution in [0, 0.1) is 0 Å². The minimum Gasteiger partial charge on any atom is -0.356 e. The molecular weight excluding hydrogens is 240 g/mol. The average molecular weight is 251 g/mol. The zero-order chi connectivity index (χ0) is 11.8. The second kappa shape index (κ2) is 4.00. The van der Waals surface area contributed by atoms with Gasteiger partial charge in [-0.3, -0.25) is 4.79 Å². The van der Waals surface area contributed by atoms with E-state index in [9.17, 15) is 4.79 Å². The third-order valence-electron chi connectivity index (χ3n) is 2.99. The van der Waals surface area contributed by atoms with Gasteiger partial charge >= 0.3 is 0 Å². The van der Waals surface area contributed by atoms with Gasteiger partial charge in [0.1, 0.15) is 11.3 Å². The zero-order valence-corrected chi connectivity index (χ0v) is 9.79. The number of nitrogens with one attached hydrogen (secondary N) is 2. The van der Waals surface area contributed by atoms with Crippen LogP contribution in [0.4, 0.5) is 0 Å². The summed E-state index contributed by atoms with van der Waals surface area (Å²) in [5.41, 5.74) is 1.36. The molecule has 3 heterocycles. The fourth-order valence-corrected chi connectivity index (χ4v) is 2.30. The SMILES string of the molecule is O=C1CC(c2nc3c(Cl)ccnc3[nH]2)CCN1. The van der Waals surface area contributed by atoms with Crippen molar-refractivity contribution in [3.63, 3.8) is 0 Å². The van der Waals surface area contributed by atoms with Crippen molar-refractivity contribution in [3.05, 3.63) is 23.1 Å². The topological polar surface area (TPSA) is 70.7 Å². The highest BCUT2D eigenvalue weighted by molar-refractivity contribution is 6.34. The van der Waals surface area contributed by atoms with Gasteiger partial charge in [-0.1, -0.05) is 11.6 Å². The highest BCUT2D eigenvalue weighted by atomic mass is 35.5. The Labute approximate surface area is 103 Å². The molecule has 1 atom stereocenters.